The number of anilines is 1. The highest BCUT2D eigenvalue weighted by atomic mass is 35.5. The number of H-pyrrole nitrogens is 1. The van der Waals surface area contributed by atoms with Gasteiger partial charge in [0.05, 0.1) is 16.2 Å². The van der Waals surface area contributed by atoms with Crippen molar-refractivity contribution in [2.75, 3.05) is 5.32 Å². The van der Waals surface area contributed by atoms with Crippen molar-refractivity contribution >= 4 is 39.8 Å². The van der Waals surface area contributed by atoms with Gasteiger partial charge in [0.1, 0.15) is 0 Å². The first-order chi connectivity index (χ1) is 10.5. The van der Waals surface area contributed by atoms with Gasteiger partial charge in [-0.15, -0.1) is 0 Å². The molecule has 0 amide bonds. The molecule has 0 saturated heterocycles. The normalized spacial score (nSPS) is 10.9. The lowest BCUT2D eigenvalue weighted by atomic mass is 10.1. The average molecular weight is 333 g/mol. The van der Waals surface area contributed by atoms with Gasteiger partial charge in [-0.25, -0.2) is 0 Å². The monoisotopic (exact) mass is 332 g/mol. The number of nitrogens with one attached hydrogen (secondary N) is 2. The Bertz CT molecular complexity index is 903. The second kappa shape index (κ2) is 6.03. The first-order valence-corrected chi connectivity index (χ1v) is 7.60. The third-order valence-electron chi connectivity index (χ3n) is 3.56. The Morgan fingerprint density at radius 3 is 2.77 bits per heavy atom. The summed E-state index contributed by atoms with van der Waals surface area (Å²) in [5.74, 6) is 0. The fourth-order valence-corrected chi connectivity index (χ4v) is 2.74. The van der Waals surface area contributed by atoms with E-state index < -0.39 is 0 Å². The Hall–Kier alpha value is -1.97. The van der Waals surface area contributed by atoms with E-state index in [1.165, 1.54) is 0 Å². The van der Waals surface area contributed by atoms with Crippen LogP contribution in [-0.4, -0.2) is 4.98 Å². The largest absolute Gasteiger partial charge is 0.380 e. The van der Waals surface area contributed by atoms with Crippen molar-refractivity contribution in [3.05, 3.63) is 74.0 Å². The second-order valence-electron chi connectivity index (χ2n) is 5.14. The Morgan fingerprint density at radius 2 is 1.95 bits per heavy atom. The third kappa shape index (κ3) is 2.96. The predicted octanol–water partition coefficient (Wildman–Crippen LogP) is 4.76. The lowest BCUT2D eigenvalue weighted by Gasteiger charge is -2.10. The number of pyridine rings is 1. The zero-order valence-corrected chi connectivity index (χ0v) is 13.4. The summed E-state index contributed by atoms with van der Waals surface area (Å²) in [7, 11) is 0. The predicted molar refractivity (Wildman–Crippen MR) is 93.1 cm³/mol. The molecule has 3 nitrogen and oxygen atoms in total. The Kier molecular flexibility index (Phi) is 4.10. The maximum Gasteiger partial charge on any atom is 0.253 e. The van der Waals surface area contributed by atoms with Gasteiger partial charge in [-0.2, -0.15) is 0 Å². The van der Waals surface area contributed by atoms with E-state index in [2.05, 4.69) is 10.3 Å². The van der Waals surface area contributed by atoms with Crippen molar-refractivity contribution in [2.45, 2.75) is 13.5 Å². The summed E-state index contributed by atoms with van der Waals surface area (Å²) in [5.41, 5.74) is 3.17. The van der Waals surface area contributed by atoms with Crippen LogP contribution in [0, 0.1) is 6.92 Å². The summed E-state index contributed by atoms with van der Waals surface area (Å²) < 4.78 is 0. The number of fused-ring (bicyclic) bond motifs is 1. The molecule has 2 aromatic carbocycles. The molecule has 1 aromatic heterocycles. The lowest BCUT2D eigenvalue weighted by molar-refractivity contribution is 1.09. The number of hydrogen-bond acceptors (Lipinski definition) is 2. The zero-order valence-electron chi connectivity index (χ0n) is 11.9. The van der Waals surface area contributed by atoms with Gasteiger partial charge >= 0.3 is 0 Å². The van der Waals surface area contributed by atoms with E-state index in [1.54, 1.807) is 18.2 Å². The Balaban J connectivity index is 1.92. The number of aryl methyl sites for hydroxylation is 1. The van der Waals surface area contributed by atoms with Crippen molar-refractivity contribution in [3.63, 3.8) is 0 Å². The molecule has 0 unspecified atom stereocenters. The first kappa shape index (κ1) is 14.9. The number of aromatic amines is 1. The van der Waals surface area contributed by atoms with Crippen molar-refractivity contribution in [2.24, 2.45) is 0 Å². The average Bonchev–Trinajstić information content (AvgIpc) is 2.49. The highest BCUT2D eigenvalue weighted by molar-refractivity contribution is 6.35. The molecular weight excluding hydrogens is 319 g/mol. The van der Waals surface area contributed by atoms with Gasteiger partial charge in [0, 0.05) is 17.1 Å². The van der Waals surface area contributed by atoms with Crippen LogP contribution in [0.1, 0.15) is 11.1 Å². The standard InChI is InChI=1S/C17H14Cl2N2O/c1-10-3-2-4-11-7-12(17(22)21-16(10)11)9-20-15-8-13(18)5-6-14(15)19/h2-8,20H,9H2,1H3,(H,21,22). The molecule has 0 aliphatic heterocycles. The number of rotatable bonds is 3. The summed E-state index contributed by atoms with van der Waals surface area (Å²) >= 11 is 12.1. The van der Waals surface area contributed by atoms with E-state index in [0.29, 0.717) is 27.8 Å². The van der Waals surface area contributed by atoms with Gasteiger partial charge in [-0.3, -0.25) is 4.79 Å². The number of benzene rings is 2. The highest BCUT2D eigenvalue weighted by Crippen LogP contribution is 2.25. The second-order valence-corrected chi connectivity index (χ2v) is 5.98. The maximum absolute atomic E-state index is 12.2. The number of aromatic nitrogens is 1. The number of hydrogen-bond donors (Lipinski definition) is 2. The number of para-hydroxylation sites is 1. The van der Waals surface area contributed by atoms with E-state index in [4.69, 9.17) is 23.2 Å². The van der Waals surface area contributed by atoms with Crippen molar-refractivity contribution in [1.82, 2.24) is 4.98 Å². The zero-order chi connectivity index (χ0) is 15.7. The van der Waals surface area contributed by atoms with Gasteiger partial charge in [0.2, 0.25) is 0 Å². The molecule has 0 fully saturated rings. The van der Waals surface area contributed by atoms with Crippen LogP contribution in [0.25, 0.3) is 10.9 Å². The summed E-state index contributed by atoms with van der Waals surface area (Å²) in [6, 6.07) is 13.0. The molecule has 0 radical (unpaired) electrons. The molecule has 0 saturated carbocycles. The molecule has 3 aromatic rings. The molecule has 3 rings (SSSR count). The van der Waals surface area contributed by atoms with Crippen LogP contribution < -0.4 is 10.9 Å². The van der Waals surface area contributed by atoms with Crippen LogP contribution in [0.15, 0.2) is 47.3 Å². The molecule has 0 aliphatic carbocycles. The summed E-state index contributed by atoms with van der Waals surface area (Å²) in [6.45, 7) is 2.35. The lowest BCUT2D eigenvalue weighted by Crippen LogP contribution is -2.16. The van der Waals surface area contributed by atoms with Gasteiger partial charge in [0.25, 0.3) is 5.56 Å². The minimum absolute atomic E-state index is 0.104. The minimum atomic E-state index is -0.104. The first-order valence-electron chi connectivity index (χ1n) is 6.85. The molecule has 22 heavy (non-hydrogen) atoms. The van der Waals surface area contributed by atoms with E-state index >= 15 is 0 Å². The van der Waals surface area contributed by atoms with Gasteiger partial charge in [-0.1, -0.05) is 41.4 Å². The molecular formula is C17H14Cl2N2O. The van der Waals surface area contributed by atoms with Crippen LogP contribution in [-0.2, 0) is 6.54 Å². The van der Waals surface area contributed by atoms with E-state index in [0.717, 1.165) is 16.5 Å². The summed E-state index contributed by atoms with van der Waals surface area (Å²) in [6.07, 6.45) is 0. The quantitative estimate of drug-likeness (QED) is 0.726. The molecule has 5 heteroatoms. The van der Waals surface area contributed by atoms with Crippen LogP contribution in [0.2, 0.25) is 10.0 Å². The third-order valence-corrected chi connectivity index (χ3v) is 4.13. The summed E-state index contributed by atoms with van der Waals surface area (Å²) in [5, 5.41) is 5.32. The van der Waals surface area contributed by atoms with E-state index in [-0.39, 0.29) is 5.56 Å². The molecule has 0 bridgehead atoms. The molecule has 2 N–H and O–H groups in total. The molecule has 0 aliphatic rings. The smallest absolute Gasteiger partial charge is 0.253 e. The van der Waals surface area contributed by atoms with Gasteiger partial charge in [-0.05, 0) is 42.1 Å². The Labute approximate surface area is 137 Å². The van der Waals surface area contributed by atoms with Crippen LogP contribution in [0.4, 0.5) is 5.69 Å². The SMILES string of the molecule is Cc1cccc2cc(CNc3cc(Cl)ccc3Cl)c(=O)[nH]c12. The van der Waals surface area contributed by atoms with Crippen molar-refractivity contribution in [3.8, 4) is 0 Å². The molecule has 1 heterocycles. The fourth-order valence-electron chi connectivity index (χ4n) is 2.38. The van der Waals surface area contributed by atoms with E-state index in [9.17, 15) is 4.79 Å². The topological polar surface area (TPSA) is 44.9 Å². The summed E-state index contributed by atoms with van der Waals surface area (Å²) in [4.78, 5) is 15.1. The van der Waals surface area contributed by atoms with Gasteiger partial charge in [0.15, 0.2) is 0 Å². The van der Waals surface area contributed by atoms with Crippen molar-refractivity contribution < 1.29 is 0 Å². The maximum atomic E-state index is 12.2. The van der Waals surface area contributed by atoms with Crippen molar-refractivity contribution in [1.29, 1.82) is 0 Å². The van der Waals surface area contributed by atoms with E-state index in [1.807, 2.05) is 31.2 Å². The molecule has 0 atom stereocenters. The number of halogens is 2. The van der Waals surface area contributed by atoms with Crippen LogP contribution in [0.5, 0.6) is 0 Å². The highest BCUT2D eigenvalue weighted by Gasteiger charge is 2.06. The van der Waals surface area contributed by atoms with Crippen LogP contribution >= 0.6 is 23.2 Å². The molecule has 112 valence electrons. The molecule has 0 spiro atoms. The van der Waals surface area contributed by atoms with Crippen LogP contribution in [0.3, 0.4) is 0 Å². The fraction of sp³-hybridized carbons (Fsp3) is 0.118. The van der Waals surface area contributed by atoms with Gasteiger partial charge < -0.3 is 10.3 Å². The Morgan fingerprint density at radius 1 is 1.14 bits per heavy atom. The minimum Gasteiger partial charge on any atom is -0.380 e.